The highest BCUT2D eigenvalue weighted by atomic mass is 16.3. The molecular weight excluding hydrogens is 176 g/mol. The predicted molar refractivity (Wildman–Crippen MR) is 57.4 cm³/mol. The minimum absolute atomic E-state index is 0.0390. The van der Waals surface area contributed by atoms with Gasteiger partial charge in [0.15, 0.2) is 0 Å². The second kappa shape index (κ2) is 3.62. The van der Waals surface area contributed by atoms with E-state index in [1.165, 1.54) is 0 Å². The van der Waals surface area contributed by atoms with Crippen LogP contribution >= 0.6 is 0 Å². The van der Waals surface area contributed by atoms with Crippen molar-refractivity contribution in [1.29, 1.82) is 0 Å². The smallest absolute Gasteiger partial charge is 0.121 e. The fraction of sp³-hybridized carbons (Fsp3) is 0.500. The molecule has 0 saturated carbocycles. The van der Waals surface area contributed by atoms with Crippen LogP contribution in [-0.4, -0.2) is 10.2 Å². The van der Waals surface area contributed by atoms with Crippen molar-refractivity contribution in [2.75, 3.05) is 0 Å². The van der Waals surface area contributed by atoms with E-state index in [9.17, 15) is 10.2 Å². The maximum absolute atomic E-state index is 9.51. The lowest BCUT2D eigenvalue weighted by molar-refractivity contribution is 0.194. The summed E-state index contributed by atoms with van der Waals surface area (Å²) in [5, 5.41) is 18.9. The van der Waals surface area contributed by atoms with E-state index in [0.717, 1.165) is 5.56 Å². The number of phenols is 1. The quantitative estimate of drug-likeness (QED) is 0.721. The van der Waals surface area contributed by atoms with Crippen LogP contribution in [0.1, 0.15) is 44.9 Å². The molecule has 0 radical (unpaired) electrons. The van der Waals surface area contributed by atoms with Gasteiger partial charge in [-0.15, -0.1) is 0 Å². The van der Waals surface area contributed by atoms with Gasteiger partial charge in [0.05, 0.1) is 6.10 Å². The molecule has 1 aromatic carbocycles. The molecular formula is C12H18O2. The minimum atomic E-state index is -0.628. The van der Waals surface area contributed by atoms with Crippen LogP contribution < -0.4 is 0 Å². The summed E-state index contributed by atoms with van der Waals surface area (Å²) in [6.07, 6.45) is -0.628. The van der Waals surface area contributed by atoms with Gasteiger partial charge in [0, 0.05) is 5.56 Å². The zero-order chi connectivity index (χ0) is 10.9. The van der Waals surface area contributed by atoms with Gasteiger partial charge < -0.3 is 10.2 Å². The van der Waals surface area contributed by atoms with Crippen LogP contribution in [0, 0.1) is 0 Å². The fourth-order valence-corrected chi connectivity index (χ4v) is 1.36. The molecule has 1 unspecified atom stereocenters. The lowest BCUT2D eigenvalue weighted by Crippen LogP contribution is -2.11. The first-order valence-corrected chi connectivity index (χ1v) is 4.84. The number of aromatic hydroxyl groups is 1. The summed E-state index contributed by atoms with van der Waals surface area (Å²) in [5.41, 5.74) is 1.75. The Labute approximate surface area is 85.2 Å². The Hall–Kier alpha value is -1.02. The fourth-order valence-electron chi connectivity index (χ4n) is 1.36. The highest BCUT2D eigenvalue weighted by Gasteiger charge is 2.16. The molecule has 0 fully saturated rings. The summed E-state index contributed by atoms with van der Waals surface area (Å²) in [6, 6.07) is 5.39. The third-order valence-electron chi connectivity index (χ3n) is 2.34. The lowest BCUT2D eigenvalue weighted by atomic mass is 9.85. The van der Waals surface area contributed by atoms with Gasteiger partial charge in [-0.05, 0) is 30.0 Å². The summed E-state index contributed by atoms with van der Waals surface area (Å²) in [6.45, 7) is 7.96. The van der Waals surface area contributed by atoms with Gasteiger partial charge in [-0.2, -0.15) is 0 Å². The van der Waals surface area contributed by atoms with E-state index in [-0.39, 0.29) is 11.2 Å². The standard InChI is InChI=1S/C12H18O2/c1-8(13)10-7-9(12(2,3)4)5-6-11(10)14/h5-8,13-14H,1-4H3. The number of benzene rings is 1. The van der Waals surface area contributed by atoms with Gasteiger partial charge in [-0.1, -0.05) is 26.8 Å². The van der Waals surface area contributed by atoms with E-state index in [1.54, 1.807) is 13.0 Å². The molecule has 0 aliphatic rings. The highest BCUT2D eigenvalue weighted by molar-refractivity contribution is 5.39. The van der Waals surface area contributed by atoms with E-state index in [2.05, 4.69) is 20.8 Å². The third-order valence-corrected chi connectivity index (χ3v) is 2.34. The third kappa shape index (κ3) is 2.26. The van der Waals surface area contributed by atoms with Crippen LogP contribution in [0.4, 0.5) is 0 Å². The summed E-state index contributed by atoms with van der Waals surface area (Å²) in [7, 11) is 0. The number of aliphatic hydroxyl groups is 1. The molecule has 0 aromatic heterocycles. The molecule has 0 aliphatic carbocycles. The first-order valence-electron chi connectivity index (χ1n) is 4.84. The monoisotopic (exact) mass is 194 g/mol. The molecule has 0 bridgehead atoms. The van der Waals surface area contributed by atoms with Crippen LogP contribution in [-0.2, 0) is 5.41 Å². The molecule has 0 aliphatic heterocycles. The number of hydrogen-bond acceptors (Lipinski definition) is 2. The average Bonchev–Trinajstić information content (AvgIpc) is 2.02. The van der Waals surface area contributed by atoms with Crippen LogP contribution in [0.5, 0.6) is 5.75 Å². The SMILES string of the molecule is CC(O)c1cc(C(C)(C)C)ccc1O. The number of hydrogen-bond donors (Lipinski definition) is 2. The number of rotatable bonds is 1. The van der Waals surface area contributed by atoms with Crippen molar-refractivity contribution < 1.29 is 10.2 Å². The molecule has 14 heavy (non-hydrogen) atoms. The Kier molecular flexibility index (Phi) is 2.86. The van der Waals surface area contributed by atoms with Crippen molar-refractivity contribution in [2.45, 2.75) is 39.2 Å². The van der Waals surface area contributed by atoms with Gasteiger partial charge in [0.2, 0.25) is 0 Å². The molecule has 1 atom stereocenters. The summed E-state index contributed by atoms with van der Waals surface area (Å²) < 4.78 is 0. The van der Waals surface area contributed by atoms with Gasteiger partial charge in [-0.25, -0.2) is 0 Å². The van der Waals surface area contributed by atoms with Gasteiger partial charge >= 0.3 is 0 Å². The first-order chi connectivity index (χ1) is 6.32. The maximum atomic E-state index is 9.51. The van der Waals surface area contributed by atoms with E-state index in [4.69, 9.17) is 0 Å². The summed E-state index contributed by atoms with van der Waals surface area (Å²) in [5.74, 6) is 0.160. The Morgan fingerprint density at radius 2 is 1.79 bits per heavy atom. The van der Waals surface area contributed by atoms with Crippen molar-refractivity contribution >= 4 is 0 Å². The number of aliphatic hydroxyl groups excluding tert-OH is 1. The van der Waals surface area contributed by atoms with Crippen LogP contribution in [0.15, 0.2) is 18.2 Å². The molecule has 1 aromatic rings. The van der Waals surface area contributed by atoms with Crippen LogP contribution in [0.25, 0.3) is 0 Å². The number of phenolic OH excluding ortho intramolecular Hbond substituents is 1. The zero-order valence-electron chi connectivity index (χ0n) is 9.20. The maximum Gasteiger partial charge on any atom is 0.121 e. The lowest BCUT2D eigenvalue weighted by Gasteiger charge is -2.21. The Bertz CT molecular complexity index is 322. The molecule has 2 heteroatoms. The molecule has 0 heterocycles. The highest BCUT2D eigenvalue weighted by Crippen LogP contribution is 2.30. The summed E-state index contributed by atoms with van der Waals surface area (Å²) in [4.78, 5) is 0. The van der Waals surface area contributed by atoms with Crippen molar-refractivity contribution in [3.05, 3.63) is 29.3 Å². The second-order valence-electron chi connectivity index (χ2n) is 4.70. The van der Waals surface area contributed by atoms with E-state index in [1.807, 2.05) is 12.1 Å². The molecule has 0 spiro atoms. The Morgan fingerprint density at radius 3 is 2.21 bits per heavy atom. The molecule has 78 valence electrons. The predicted octanol–water partition coefficient (Wildman–Crippen LogP) is 2.74. The zero-order valence-corrected chi connectivity index (χ0v) is 9.20. The van der Waals surface area contributed by atoms with Gasteiger partial charge in [0.1, 0.15) is 5.75 Å². The molecule has 2 N–H and O–H groups in total. The Morgan fingerprint density at radius 1 is 1.21 bits per heavy atom. The summed E-state index contributed by atoms with van der Waals surface area (Å²) >= 11 is 0. The van der Waals surface area contributed by atoms with E-state index >= 15 is 0 Å². The van der Waals surface area contributed by atoms with Crippen molar-refractivity contribution in [2.24, 2.45) is 0 Å². The minimum Gasteiger partial charge on any atom is -0.508 e. The van der Waals surface area contributed by atoms with Crippen LogP contribution in [0.2, 0.25) is 0 Å². The van der Waals surface area contributed by atoms with Crippen molar-refractivity contribution in [3.63, 3.8) is 0 Å². The first kappa shape index (κ1) is 11.1. The van der Waals surface area contributed by atoms with Gasteiger partial charge in [-0.3, -0.25) is 0 Å². The van der Waals surface area contributed by atoms with Crippen molar-refractivity contribution in [3.8, 4) is 5.75 Å². The Balaban J connectivity index is 3.20. The topological polar surface area (TPSA) is 40.5 Å². The second-order valence-corrected chi connectivity index (χ2v) is 4.70. The molecule has 0 saturated heterocycles. The van der Waals surface area contributed by atoms with E-state index < -0.39 is 6.10 Å². The normalized spacial score (nSPS) is 14.1. The van der Waals surface area contributed by atoms with Crippen LogP contribution in [0.3, 0.4) is 0 Å². The van der Waals surface area contributed by atoms with Gasteiger partial charge in [0.25, 0.3) is 0 Å². The van der Waals surface area contributed by atoms with E-state index in [0.29, 0.717) is 5.56 Å². The largest absolute Gasteiger partial charge is 0.508 e. The molecule has 2 nitrogen and oxygen atoms in total. The molecule has 1 rings (SSSR count). The molecule has 0 amide bonds. The average molecular weight is 194 g/mol. The van der Waals surface area contributed by atoms with Crippen molar-refractivity contribution in [1.82, 2.24) is 0 Å².